The van der Waals surface area contributed by atoms with Crippen LogP contribution in [-0.4, -0.2) is 26.8 Å². The largest absolute Gasteiger partial charge is 0.422 e. The van der Waals surface area contributed by atoms with Crippen LogP contribution < -0.4 is 11.1 Å². The zero-order valence-corrected chi connectivity index (χ0v) is 11.7. The molecule has 114 valence electrons. The summed E-state index contributed by atoms with van der Waals surface area (Å²) in [6, 6.07) is 1.35. The number of nitrogens with zero attached hydrogens (tertiary/aromatic N) is 4. The maximum Gasteiger partial charge on any atom is 0.422 e. The van der Waals surface area contributed by atoms with Crippen LogP contribution in [0.15, 0.2) is 12.3 Å². The molecule has 0 saturated carbocycles. The predicted octanol–water partition coefficient (Wildman–Crippen LogP) is 2.56. The molecule has 0 aliphatic heterocycles. The lowest BCUT2D eigenvalue weighted by molar-refractivity contribution is -0.136. The number of rotatable bonds is 3. The molecular weight excluding hydrogens is 285 g/mol. The van der Waals surface area contributed by atoms with Gasteiger partial charge in [-0.3, -0.25) is 4.68 Å². The van der Waals surface area contributed by atoms with Crippen LogP contribution in [0.25, 0.3) is 11.4 Å². The van der Waals surface area contributed by atoms with Crippen LogP contribution in [-0.2, 0) is 6.18 Å². The Labute approximate surface area is 119 Å². The molecule has 0 radical (unpaired) electrons. The molecular formula is C12H15F3N6. The number of anilines is 2. The molecule has 0 amide bonds. The number of alkyl halides is 3. The third-order valence-electron chi connectivity index (χ3n) is 2.85. The molecule has 0 saturated heterocycles. The van der Waals surface area contributed by atoms with Crippen molar-refractivity contribution in [3.63, 3.8) is 0 Å². The van der Waals surface area contributed by atoms with Crippen molar-refractivity contribution in [2.75, 3.05) is 18.1 Å². The number of aromatic nitrogens is 4. The van der Waals surface area contributed by atoms with E-state index >= 15 is 0 Å². The van der Waals surface area contributed by atoms with Gasteiger partial charge in [-0.15, -0.1) is 0 Å². The average molecular weight is 300 g/mol. The van der Waals surface area contributed by atoms with E-state index < -0.39 is 11.7 Å². The number of hydrogen-bond acceptors (Lipinski definition) is 5. The van der Waals surface area contributed by atoms with Gasteiger partial charge in [0, 0.05) is 19.3 Å². The van der Waals surface area contributed by atoms with Crippen LogP contribution in [0.2, 0.25) is 0 Å². The van der Waals surface area contributed by atoms with E-state index in [1.165, 1.54) is 24.0 Å². The van der Waals surface area contributed by atoms with Gasteiger partial charge in [0.15, 0.2) is 0 Å². The minimum Gasteiger partial charge on any atom is -0.372 e. The van der Waals surface area contributed by atoms with Crippen LogP contribution in [0.5, 0.6) is 0 Å². The van der Waals surface area contributed by atoms with Crippen LogP contribution in [0.3, 0.4) is 0 Å². The lowest BCUT2D eigenvalue weighted by Gasteiger charge is -2.18. The number of nitrogens with two attached hydrogens (primary N) is 1. The van der Waals surface area contributed by atoms with Crippen LogP contribution in [0.1, 0.15) is 25.5 Å². The fourth-order valence-corrected chi connectivity index (χ4v) is 2.03. The highest BCUT2D eigenvalue weighted by molar-refractivity contribution is 5.68. The SMILES string of the molecule is CNc1nc(N)nc(-c2ccnn2C(C)C)c1C(F)(F)F. The molecule has 2 aromatic heterocycles. The van der Waals surface area contributed by atoms with Gasteiger partial charge in [0.05, 0.1) is 5.69 Å². The Morgan fingerprint density at radius 1 is 1.29 bits per heavy atom. The monoisotopic (exact) mass is 300 g/mol. The summed E-state index contributed by atoms with van der Waals surface area (Å²) >= 11 is 0. The molecule has 0 unspecified atom stereocenters. The molecule has 2 aromatic rings. The Bertz CT molecular complexity index is 647. The van der Waals surface area contributed by atoms with Crippen molar-refractivity contribution >= 4 is 11.8 Å². The Hall–Kier alpha value is -2.32. The molecule has 9 heteroatoms. The molecule has 21 heavy (non-hydrogen) atoms. The second-order valence-electron chi connectivity index (χ2n) is 4.66. The smallest absolute Gasteiger partial charge is 0.372 e. The number of nitrogen functional groups attached to an aromatic ring is 1. The first kappa shape index (κ1) is 15.1. The van der Waals surface area contributed by atoms with Crippen molar-refractivity contribution in [1.29, 1.82) is 0 Å². The quantitative estimate of drug-likeness (QED) is 0.910. The Balaban J connectivity index is 2.79. The Morgan fingerprint density at radius 3 is 2.48 bits per heavy atom. The first-order valence-electron chi connectivity index (χ1n) is 6.22. The third kappa shape index (κ3) is 2.76. The van der Waals surface area contributed by atoms with E-state index in [1.54, 1.807) is 0 Å². The fraction of sp³-hybridized carbons (Fsp3) is 0.417. The Kier molecular flexibility index (Phi) is 3.75. The van der Waals surface area contributed by atoms with E-state index in [0.29, 0.717) is 0 Å². The van der Waals surface area contributed by atoms with Gasteiger partial charge in [-0.2, -0.15) is 23.3 Å². The van der Waals surface area contributed by atoms with E-state index in [2.05, 4.69) is 20.4 Å². The van der Waals surface area contributed by atoms with Crippen molar-refractivity contribution in [3.05, 3.63) is 17.8 Å². The minimum absolute atomic E-state index is 0.120. The lowest BCUT2D eigenvalue weighted by Crippen LogP contribution is -2.17. The van der Waals surface area contributed by atoms with Crippen molar-refractivity contribution in [2.45, 2.75) is 26.1 Å². The zero-order chi connectivity index (χ0) is 15.8. The van der Waals surface area contributed by atoms with E-state index in [-0.39, 0.29) is 29.2 Å². The van der Waals surface area contributed by atoms with Gasteiger partial charge in [0.25, 0.3) is 0 Å². The summed E-state index contributed by atoms with van der Waals surface area (Å²) in [5.74, 6) is -0.597. The summed E-state index contributed by atoms with van der Waals surface area (Å²) in [4.78, 5) is 7.39. The fourth-order valence-electron chi connectivity index (χ4n) is 2.03. The van der Waals surface area contributed by atoms with Gasteiger partial charge in [-0.1, -0.05) is 0 Å². The molecule has 0 spiro atoms. The van der Waals surface area contributed by atoms with Gasteiger partial charge in [-0.05, 0) is 19.9 Å². The summed E-state index contributed by atoms with van der Waals surface area (Å²) in [7, 11) is 1.35. The summed E-state index contributed by atoms with van der Waals surface area (Å²) in [6.45, 7) is 3.63. The highest BCUT2D eigenvalue weighted by Gasteiger charge is 2.39. The molecule has 2 heterocycles. The van der Waals surface area contributed by atoms with E-state index in [0.717, 1.165) is 0 Å². The Morgan fingerprint density at radius 2 is 1.95 bits per heavy atom. The van der Waals surface area contributed by atoms with Crippen LogP contribution in [0.4, 0.5) is 24.9 Å². The zero-order valence-electron chi connectivity index (χ0n) is 11.7. The summed E-state index contributed by atoms with van der Waals surface area (Å²) in [5, 5.41) is 6.44. The van der Waals surface area contributed by atoms with Crippen molar-refractivity contribution in [3.8, 4) is 11.4 Å². The van der Waals surface area contributed by atoms with Gasteiger partial charge in [0.2, 0.25) is 5.95 Å². The van der Waals surface area contributed by atoms with Gasteiger partial charge in [-0.25, -0.2) is 4.98 Å². The van der Waals surface area contributed by atoms with Crippen LogP contribution in [0, 0.1) is 0 Å². The summed E-state index contributed by atoms with van der Waals surface area (Å²) < 4.78 is 41.5. The molecule has 6 nitrogen and oxygen atoms in total. The lowest BCUT2D eigenvalue weighted by atomic mass is 10.1. The van der Waals surface area contributed by atoms with E-state index in [9.17, 15) is 13.2 Å². The average Bonchev–Trinajstić information content (AvgIpc) is 2.85. The molecule has 0 fully saturated rings. The first-order valence-corrected chi connectivity index (χ1v) is 6.22. The van der Waals surface area contributed by atoms with Crippen molar-refractivity contribution in [2.24, 2.45) is 0 Å². The predicted molar refractivity (Wildman–Crippen MR) is 72.6 cm³/mol. The van der Waals surface area contributed by atoms with Gasteiger partial charge in [0.1, 0.15) is 17.1 Å². The topological polar surface area (TPSA) is 81.7 Å². The van der Waals surface area contributed by atoms with Crippen LogP contribution >= 0.6 is 0 Å². The highest BCUT2D eigenvalue weighted by atomic mass is 19.4. The molecule has 0 aromatic carbocycles. The standard InChI is InChI=1S/C12H15F3N6/c1-6(2)21-7(4-5-18-21)9-8(12(13,14)15)10(17-3)20-11(16)19-9/h4-6H,1-3H3,(H3,16,17,19,20). The second-order valence-corrected chi connectivity index (χ2v) is 4.66. The second kappa shape index (κ2) is 5.23. The molecule has 0 bridgehead atoms. The third-order valence-corrected chi connectivity index (χ3v) is 2.85. The molecule has 0 aliphatic carbocycles. The maximum atomic E-state index is 13.4. The van der Waals surface area contributed by atoms with E-state index in [1.807, 2.05) is 13.8 Å². The highest BCUT2D eigenvalue weighted by Crippen LogP contribution is 2.40. The van der Waals surface area contributed by atoms with Crippen molar-refractivity contribution < 1.29 is 13.2 Å². The minimum atomic E-state index is -4.62. The maximum absolute atomic E-state index is 13.4. The number of halogens is 3. The summed E-state index contributed by atoms with van der Waals surface area (Å²) in [5.41, 5.74) is 4.52. The molecule has 0 atom stereocenters. The van der Waals surface area contributed by atoms with Gasteiger partial charge < -0.3 is 11.1 Å². The van der Waals surface area contributed by atoms with Crippen molar-refractivity contribution in [1.82, 2.24) is 19.7 Å². The molecule has 3 N–H and O–H groups in total. The summed E-state index contributed by atoms with van der Waals surface area (Å²) in [6.07, 6.45) is -3.19. The molecule has 0 aliphatic rings. The normalized spacial score (nSPS) is 12.0. The first-order chi connectivity index (χ1) is 9.75. The van der Waals surface area contributed by atoms with Gasteiger partial charge >= 0.3 is 6.18 Å². The molecule has 2 rings (SSSR count). The number of nitrogens with one attached hydrogen (secondary N) is 1. The van der Waals surface area contributed by atoms with E-state index in [4.69, 9.17) is 5.73 Å². The number of hydrogen-bond donors (Lipinski definition) is 2.